The fourth-order valence-corrected chi connectivity index (χ4v) is 4.27. The van der Waals surface area contributed by atoms with Crippen molar-refractivity contribution in [3.8, 4) is 5.75 Å². The molecule has 3 rings (SSSR count). The molecule has 0 bridgehead atoms. The molecule has 3 aromatic rings. The molecular formula is C23H23FN2O4S2. The molecule has 0 heterocycles. The number of nitrogens with one attached hydrogen (secondary N) is 1. The maximum atomic E-state index is 14.0. The van der Waals surface area contributed by atoms with Gasteiger partial charge in [0.05, 0.1) is 18.5 Å². The average Bonchev–Trinajstić information content (AvgIpc) is 2.77. The van der Waals surface area contributed by atoms with E-state index >= 15 is 0 Å². The van der Waals surface area contributed by atoms with Crippen molar-refractivity contribution in [2.24, 2.45) is 0 Å². The van der Waals surface area contributed by atoms with Crippen LogP contribution >= 0.6 is 11.8 Å². The van der Waals surface area contributed by atoms with Gasteiger partial charge in [-0.05, 0) is 54.8 Å². The molecule has 0 spiro atoms. The Morgan fingerprint density at radius 3 is 2.44 bits per heavy atom. The Morgan fingerprint density at radius 1 is 1.06 bits per heavy atom. The number of amides is 1. The molecule has 6 nitrogen and oxygen atoms in total. The van der Waals surface area contributed by atoms with E-state index < -0.39 is 15.8 Å². The number of nitrogens with zero attached hydrogens (tertiary/aromatic N) is 1. The van der Waals surface area contributed by atoms with E-state index in [2.05, 4.69) is 5.32 Å². The number of carbonyl (C=O) groups is 1. The second-order valence-electron chi connectivity index (χ2n) is 6.92. The van der Waals surface area contributed by atoms with Gasteiger partial charge in [-0.2, -0.15) is 0 Å². The highest BCUT2D eigenvalue weighted by Crippen LogP contribution is 2.24. The number of thioether (sulfide) groups is 1. The number of carbonyl (C=O) groups excluding carboxylic acids is 1. The molecule has 0 aliphatic rings. The Kier molecular flexibility index (Phi) is 7.76. The van der Waals surface area contributed by atoms with Gasteiger partial charge in [0.1, 0.15) is 11.6 Å². The van der Waals surface area contributed by atoms with Crippen molar-refractivity contribution < 1.29 is 22.3 Å². The van der Waals surface area contributed by atoms with Crippen LogP contribution in [0, 0.1) is 5.82 Å². The van der Waals surface area contributed by atoms with Crippen molar-refractivity contribution in [1.82, 2.24) is 0 Å². The number of halogens is 1. The van der Waals surface area contributed by atoms with Gasteiger partial charge in [0, 0.05) is 16.1 Å². The lowest BCUT2D eigenvalue weighted by molar-refractivity contribution is -0.118. The molecule has 3 aromatic carbocycles. The molecule has 0 saturated carbocycles. The van der Waals surface area contributed by atoms with Crippen molar-refractivity contribution in [3.05, 3.63) is 84.2 Å². The first-order chi connectivity index (χ1) is 15.3. The highest BCUT2D eigenvalue weighted by Gasteiger charge is 2.19. The number of rotatable bonds is 9. The lowest BCUT2D eigenvalue weighted by Gasteiger charge is -2.23. The largest absolute Gasteiger partial charge is 0.484 e. The van der Waals surface area contributed by atoms with Gasteiger partial charge in [-0.25, -0.2) is 12.8 Å². The zero-order valence-electron chi connectivity index (χ0n) is 17.6. The van der Waals surface area contributed by atoms with Crippen LogP contribution in [0.1, 0.15) is 5.56 Å². The van der Waals surface area contributed by atoms with E-state index in [1.165, 1.54) is 6.07 Å². The molecule has 0 fully saturated rings. The molecule has 32 heavy (non-hydrogen) atoms. The van der Waals surface area contributed by atoms with Gasteiger partial charge in [-0.3, -0.25) is 9.10 Å². The van der Waals surface area contributed by atoms with Crippen LogP contribution in [0.3, 0.4) is 0 Å². The van der Waals surface area contributed by atoms with E-state index in [1.807, 2.05) is 24.5 Å². The number of sulfonamides is 1. The van der Waals surface area contributed by atoms with Crippen LogP contribution in [0.15, 0.2) is 77.7 Å². The van der Waals surface area contributed by atoms with E-state index in [9.17, 15) is 17.6 Å². The van der Waals surface area contributed by atoms with Gasteiger partial charge >= 0.3 is 0 Å². The molecule has 0 aliphatic carbocycles. The normalized spacial score (nSPS) is 11.1. The number of benzene rings is 3. The van der Waals surface area contributed by atoms with E-state index in [1.54, 1.807) is 60.3 Å². The summed E-state index contributed by atoms with van der Waals surface area (Å²) in [6.07, 6.45) is 3.02. The van der Waals surface area contributed by atoms with Crippen molar-refractivity contribution >= 4 is 39.1 Å². The maximum Gasteiger partial charge on any atom is 0.262 e. The van der Waals surface area contributed by atoms with Crippen LogP contribution in [0.5, 0.6) is 5.75 Å². The zero-order chi connectivity index (χ0) is 23.1. The van der Waals surface area contributed by atoms with Gasteiger partial charge in [-0.15, -0.1) is 11.8 Å². The molecular weight excluding hydrogens is 451 g/mol. The second kappa shape index (κ2) is 10.5. The van der Waals surface area contributed by atoms with Crippen LogP contribution in [-0.4, -0.2) is 33.4 Å². The SMILES string of the molecule is CSc1cccc(NC(=O)COc2ccc(N(Cc3ccccc3F)S(C)(=O)=O)cc2)c1. The number of hydrogen-bond acceptors (Lipinski definition) is 5. The quantitative estimate of drug-likeness (QED) is 0.461. The monoisotopic (exact) mass is 474 g/mol. The summed E-state index contributed by atoms with van der Waals surface area (Å²) >= 11 is 1.58. The highest BCUT2D eigenvalue weighted by molar-refractivity contribution is 7.98. The third-order valence-corrected chi connectivity index (χ3v) is 6.39. The second-order valence-corrected chi connectivity index (χ2v) is 9.71. The fourth-order valence-electron chi connectivity index (χ4n) is 2.94. The lowest BCUT2D eigenvalue weighted by Crippen LogP contribution is -2.29. The summed E-state index contributed by atoms with van der Waals surface area (Å²) < 4.78 is 45.2. The minimum absolute atomic E-state index is 0.136. The molecule has 0 atom stereocenters. The predicted molar refractivity (Wildman–Crippen MR) is 126 cm³/mol. The number of ether oxygens (including phenoxy) is 1. The molecule has 0 saturated heterocycles. The van der Waals surface area contributed by atoms with Crippen LogP contribution in [0.2, 0.25) is 0 Å². The zero-order valence-corrected chi connectivity index (χ0v) is 19.3. The smallest absolute Gasteiger partial charge is 0.262 e. The van der Waals surface area contributed by atoms with E-state index in [0.29, 0.717) is 17.1 Å². The molecule has 168 valence electrons. The molecule has 0 aliphatic heterocycles. The van der Waals surface area contributed by atoms with Crippen molar-refractivity contribution in [3.63, 3.8) is 0 Å². The standard InChI is InChI=1S/C23H23FN2O4S2/c1-31-21-8-5-7-18(14-21)25-23(27)16-30-20-12-10-19(11-13-20)26(32(2,28)29)15-17-6-3-4-9-22(17)24/h3-14H,15-16H2,1-2H3,(H,25,27). The van der Waals surface area contributed by atoms with Gasteiger partial charge in [0.25, 0.3) is 5.91 Å². The van der Waals surface area contributed by atoms with Crippen molar-refractivity contribution in [1.29, 1.82) is 0 Å². The Bertz CT molecular complexity index is 1180. The van der Waals surface area contributed by atoms with Gasteiger partial charge in [0.2, 0.25) is 10.0 Å². The Hall–Kier alpha value is -3.04. The van der Waals surface area contributed by atoms with Crippen LogP contribution in [0.4, 0.5) is 15.8 Å². The first-order valence-corrected chi connectivity index (χ1v) is 12.7. The maximum absolute atomic E-state index is 14.0. The molecule has 0 aromatic heterocycles. The minimum Gasteiger partial charge on any atom is -0.484 e. The van der Waals surface area contributed by atoms with Crippen molar-refractivity contribution in [2.75, 3.05) is 28.7 Å². The van der Waals surface area contributed by atoms with Crippen LogP contribution in [-0.2, 0) is 21.4 Å². The minimum atomic E-state index is -3.65. The summed E-state index contributed by atoms with van der Waals surface area (Å²) in [4.78, 5) is 13.2. The highest BCUT2D eigenvalue weighted by atomic mass is 32.2. The van der Waals surface area contributed by atoms with Gasteiger partial charge in [-0.1, -0.05) is 24.3 Å². The molecule has 9 heteroatoms. The molecule has 0 radical (unpaired) electrons. The van der Waals surface area contributed by atoms with Crippen LogP contribution < -0.4 is 14.4 Å². The first-order valence-electron chi connectivity index (χ1n) is 9.64. The number of hydrogen-bond donors (Lipinski definition) is 1. The molecule has 0 unspecified atom stereocenters. The molecule has 1 N–H and O–H groups in total. The Balaban J connectivity index is 1.64. The van der Waals surface area contributed by atoms with Crippen LogP contribution in [0.25, 0.3) is 0 Å². The Labute approximate surface area is 191 Å². The van der Waals surface area contributed by atoms with E-state index in [4.69, 9.17) is 4.74 Å². The summed E-state index contributed by atoms with van der Waals surface area (Å²) in [6.45, 7) is -0.336. The lowest BCUT2D eigenvalue weighted by atomic mass is 10.2. The summed E-state index contributed by atoms with van der Waals surface area (Å²) in [5, 5.41) is 2.77. The summed E-state index contributed by atoms with van der Waals surface area (Å²) in [5.41, 5.74) is 1.31. The van der Waals surface area contributed by atoms with Crippen molar-refractivity contribution in [2.45, 2.75) is 11.4 Å². The van der Waals surface area contributed by atoms with E-state index in [0.717, 1.165) is 15.5 Å². The number of anilines is 2. The topological polar surface area (TPSA) is 75.7 Å². The predicted octanol–water partition coefficient (Wildman–Crippen LogP) is 4.53. The first kappa shape index (κ1) is 23.6. The Morgan fingerprint density at radius 2 is 1.78 bits per heavy atom. The summed E-state index contributed by atoms with van der Waals surface area (Å²) in [7, 11) is -3.65. The fraction of sp³-hybridized carbons (Fsp3) is 0.174. The summed E-state index contributed by atoms with van der Waals surface area (Å²) in [5.74, 6) is -0.388. The summed E-state index contributed by atoms with van der Waals surface area (Å²) in [6, 6.07) is 19.7. The molecule has 1 amide bonds. The van der Waals surface area contributed by atoms with Gasteiger partial charge < -0.3 is 10.1 Å². The third-order valence-electron chi connectivity index (χ3n) is 4.52. The van der Waals surface area contributed by atoms with Gasteiger partial charge in [0.15, 0.2) is 6.61 Å². The third kappa shape index (κ3) is 6.48. The average molecular weight is 475 g/mol. The van der Waals surface area contributed by atoms with E-state index in [-0.39, 0.29) is 24.6 Å².